The Morgan fingerprint density at radius 3 is 1.91 bits per heavy atom. The number of H-pyrrole nitrogens is 1. The molecule has 0 aliphatic heterocycles. The zero-order chi connectivity index (χ0) is 24.0. The van der Waals surface area contributed by atoms with Crippen LogP contribution in [0.25, 0.3) is 16.9 Å². The lowest BCUT2D eigenvalue weighted by atomic mass is 10.1. The van der Waals surface area contributed by atoms with Crippen molar-refractivity contribution in [3.8, 4) is 16.9 Å². The Morgan fingerprint density at radius 1 is 0.686 bits per heavy atom. The molecule has 0 amide bonds. The van der Waals surface area contributed by atoms with Crippen LogP contribution in [0.5, 0.6) is 0 Å². The molecule has 5 rings (SSSR count). The Balaban J connectivity index is 1.46. The van der Waals surface area contributed by atoms with Crippen molar-refractivity contribution in [2.24, 2.45) is 15.3 Å². The number of para-hydroxylation sites is 1. The Labute approximate surface area is 201 Å². The lowest BCUT2D eigenvalue weighted by Gasteiger charge is -2.01. The molecule has 170 valence electrons. The maximum atomic E-state index is 13.3. The number of anilines is 1. The minimum atomic E-state index is -0.250. The Hall–Kier alpha value is -5.11. The van der Waals surface area contributed by atoms with Gasteiger partial charge in [-0.15, -0.1) is 0 Å². The number of nitrogens with two attached hydrogens (primary N) is 1. The molecule has 0 unspecified atom stereocenters. The van der Waals surface area contributed by atoms with Gasteiger partial charge in [0.2, 0.25) is 0 Å². The molecule has 0 saturated heterocycles. The van der Waals surface area contributed by atoms with E-state index < -0.39 is 0 Å². The fraction of sp³-hybridized carbons (Fsp3) is 0. The van der Waals surface area contributed by atoms with Crippen LogP contribution in [0.4, 0.5) is 28.4 Å². The van der Waals surface area contributed by atoms with Crippen LogP contribution in [0.15, 0.2) is 129 Å². The first kappa shape index (κ1) is 21.7. The highest BCUT2D eigenvalue weighted by Gasteiger charge is 2.22. The molecule has 5 aromatic rings. The molecular weight excluding hydrogens is 438 g/mol. The van der Waals surface area contributed by atoms with Crippen LogP contribution in [0.1, 0.15) is 0 Å². The quantitative estimate of drug-likeness (QED) is 0.235. The van der Waals surface area contributed by atoms with Gasteiger partial charge in [0, 0.05) is 11.3 Å². The molecule has 0 atom stereocenters. The van der Waals surface area contributed by atoms with Gasteiger partial charge in [-0.05, 0) is 65.8 Å². The first-order valence-electron chi connectivity index (χ1n) is 11.0. The van der Waals surface area contributed by atoms with Crippen molar-refractivity contribution in [1.29, 1.82) is 0 Å². The van der Waals surface area contributed by atoms with E-state index in [0.29, 0.717) is 28.4 Å². The molecule has 0 fully saturated rings. The molecule has 8 heteroatoms. The number of hydrogen-bond acceptors (Lipinski definition) is 5. The Kier molecular flexibility index (Phi) is 6.08. The summed E-state index contributed by atoms with van der Waals surface area (Å²) in [6.07, 6.45) is 0. The third-order valence-electron chi connectivity index (χ3n) is 5.29. The van der Waals surface area contributed by atoms with Gasteiger partial charge in [-0.1, -0.05) is 53.6 Å². The topological polar surface area (TPSA) is 115 Å². The van der Waals surface area contributed by atoms with Crippen LogP contribution in [-0.4, -0.2) is 9.78 Å². The van der Waals surface area contributed by atoms with Crippen LogP contribution in [0, 0.1) is 0 Å². The van der Waals surface area contributed by atoms with E-state index in [9.17, 15) is 4.79 Å². The van der Waals surface area contributed by atoms with Gasteiger partial charge in [0.05, 0.1) is 17.1 Å². The van der Waals surface area contributed by atoms with Crippen molar-refractivity contribution >= 4 is 28.4 Å². The maximum Gasteiger partial charge on any atom is 0.346 e. The summed E-state index contributed by atoms with van der Waals surface area (Å²) in [6.45, 7) is 0. The summed E-state index contributed by atoms with van der Waals surface area (Å²) in [7, 11) is 0. The van der Waals surface area contributed by atoms with Crippen LogP contribution in [0.2, 0.25) is 0 Å². The van der Waals surface area contributed by atoms with E-state index in [1.165, 1.54) is 4.68 Å². The van der Waals surface area contributed by atoms with Crippen molar-refractivity contribution in [3.63, 3.8) is 0 Å². The SMILES string of the molecule is Nc1ccc(-c2[nH]n(-c3ccccc3)c(=O)c2[NH+]=Nc2ccc(N=Nc3ccccc3)cc2)cc1. The second kappa shape index (κ2) is 9.80. The first-order valence-corrected chi connectivity index (χ1v) is 11.0. The third kappa shape index (κ3) is 4.96. The number of nitrogens with zero attached hydrogens (tertiary/aromatic N) is 4. The summed E-state index contributed by atoms with van der Waals surface area (Å²) in [5, 5.41) is 19.0. The van der Waals surface area contributed by atoms with Gasteiger partial charge >= 0.3 is 11.2 Å². The van der Waals surface area contributed by atoms with Gasteiger partial charge in [0.1, 0.15) is 11.4 Å². The summed E-state index contributed by atoms with van der Waals surface area (Å²) in [6, 6.07) is 33.4. The molecule has 4 N–H and O–H groups in total. The molecule has 0 radical (unpaired) electrons. The predicted molar refractivity (Wildman–Crippen MR) is 136 cm³/mol. The third-order valence-corrected chi connectivity index (χ3v) is 5.29. The van der Waals surface area contributed by atoms with E-state index in [-0.39, 0.29) is 5.56 Å². The molecule has 1 heterocycles. The van der Waals surface area contributed by atoms with Gasteiger partial charge in [0.15, 0.2) is 0 Å². The molecule has 4 aromatic carbocycles. The fourth-order valence-electron chi connectivity index (χ4n) is 3.48. The van der Waals surface area contributed by atoms with Crippen molar-refractivity contribution in [2.45, 2.75) is 0 Å². The highest BCUT2D eigenvalue weighted by atomic mass is 16.1. The summed E-state index contributed by atoms with van der Waals surface area (Å²) < 4.78 is 1.48. The summed E-state index contributed by atoms with van der Waals surface area (Å²) in [5.74, 6) is 0. The zero-order valence-electron chi connectivity index (χ0n) is 18.7. The Morgan fingerprint density at radius 2 is 1.26 bits per heavy atom. The van der Waals surface area contributed by atoms with E-state index in [2.05, 4.69) is 25.6 Å². The normalized spacial score (nSPS) is 11.4. The second-order valence-corrected chi connectivity index (χ2v) is 7.74. The molecule has 0 aliphatic carbocycles. The molecule has 8 nitrogen and oxygen atoms in total. The van der Waals surface area contributed by atoms with Gasteiger partial charge in [-0.2, -0.15) is 10.2 Å². The van der Waals surface area contributed by atoms with Crippen molar-refractivity contribution in [1.82, 2.24) is 9.78 Å². The highest BCUT2D eigenvalue weighted by molar-refractivity contribution is 5.70. The number of azo groups is 2. The summed E-state index contributed by atoms with van der Waals surface area (Å²) in [5.41, 5.74) is 10.8. The average Bonchev–Trinajstić information content (AvgIpc) is 3.24. The van der Waals surface area contributed by atoms with E-state index in [1.54, 1.807) is 24.3 Å². The van der Waals surface area contributed by atoms with E-state index in [4.69, 9.17) is 5.73 Å². The Bertz CT molecular complexity index is 1530. The van der Waals surface area contributed by atoms with Gasteiger partial charge in [0.25, 0.3) is 0 Å². The van der Waals surface area contributed by atoms with Crippen LogP contribution >= 0.6 is 0 Å². The largest absolute Gasteiger partial charge is 0.399 e. The standard InChI is InChI=1S/C27H21N7O/c28-20-13-11-19(12-14-20)25-26(27(35)34(33-25)24-9-5-2-6-10-24)32-31-23-17-15-22(16-18-23)30-29-21-7-3-1-4-8-21/h1-18,33H,28H2/p+1. The monoisotopic (exact) mass is 460 g/mol. The van der Waals surface area contributed by atoms with Crippen molar-refractivity contribution < 1.29 is 5.11 Å². The second-order valence-electron chi connectivity index (χ2n) is 7.74. The molecule has 0 aliphatic rings. The minimum absolute atomic E-state index is 0.250. The predicted octanol–water partition coefficient (Wildman–Crippen LogP) is 5.33. The molecular formula is C27H22N7O+. The number of hydrogen-bond donors (Lipinski definition) is 3. The smallest absolute Gasteiger partial charge is 0.346 e. The number of rotatable bonds is 6. The van der Waals surface area contributed by atoms with Crippen LogP contribution < -0.4 is 16.4 Å². The number of aromatic amines is 1. The lowest BCUT2D eigenvalue weighted by molar-refractivity contribution is -0.433. The number of aromatic nitrogens is 2. The van der Waals surface area contributed by atoms with E-state index in [0.717, 1.165) is 16.9 Å². The van der Waals surface area contributed by atoms with E-state index >= 15 is 0 Å². The molecule has 1 aromatic heterocycles. The van der Waals surface area contributed by atoms with E-state index in [1.807, 2.05) is 84.9 Å². The number of nitrogen functional groups attached to an aromatic ring is 1. The van der Waals surface area contributed by atoms with Gasteiger partial charge in [-0.25, -0.2) is 4.68 Å². The highest BCUT2D eigenvalue weighted by Crippen LogP contribution is 2.24. The minimum Gasteiger partial charge on any atom is -0.399 e. The molecule has 0 saturated carbocycles. The van der Waals surface area contributed by atoms with Gasteiger partial charge in [-0.3, -0.25) is 9.89 Å². The lowest BCUT2D eigenvalue weighted by Crippen LogP contribution is -2.60. The molecule has 35 heavy (non-hydrogen) atoms. The molecule has 0 spiro atoms. The molecule has 0 bridgehead atoms. The average molecular weight is 461 g/mol. The van der Waals surface area contributed by atoms with Crippen LogP contribution in [-0.2, 0) is 0 Å². The summed E-state index contributed by atoms with van der Waals surface area (Å²) >= 11 is 0. The zero-order valence-corrected chi connectivity index (χ0v) is 18.7. The number of benzene rings is 4. The maximum absolute atomic E-state index is 13.3. The van der Waals surface area contributed by atoms with Crippen LogP contribution in [0.3, 0.4) is 0 Å². The van der Waals surface area contributed by atoms with Crippen molar-refractivity contribution in [2.75, 3.05) is 5.73 Å². The number of nitrogens with one attached hydrogen (secondary N) is 2. The van der Waals surface area contributed by atoms with Crippen molar-refractivity contribution in [3.05, 3.63) is 120 Å². The van der Waals surface area contributed by atoms with Gasteiger partial charge < -0.3 is 5.73 Å². The fourth-order valence-corrected chi connectivity index (χ4v) is 3.48. The summed E-state index contributed by atoms with van der Waals surface area (Å²) in [4.78, 5) is 13.3. The first-order chi connectivity index (χ1) is 17.2.